The molecule has 1 unspecified atom stereocenters. The van der Waals surface area contributed by atoms with Crippen molar-refractivity contribution in [1.29, 1.82) is 0 Å². The van der Waals surface area contributed by atoms with Crippen LogP contribution in [0.2, 0.25) is 0 Å². The van der Waals surface area contributed by atoms with Gasteiger partial charge < -0.3 is 15.5 Å². The molecule has 0 spiro atoms. The summed E-state index contributed by atoms with van der Waals surface area (Å²) in [5.74, 6) is 0. The first kappa shape index (κ1) is 17.5. The standard InChI is InChI=1S/C19H29N3O/c1-4-17(13-19-6-5-11-22(19)3)21-18-8-7-15(2)16(12-18)9-10-20-14-23/h7-10,12,14,17,19,21H,4-6,11,13H2,1-3H3,(H,20,23)/b10-9-/t17-,19?/m1/s1. The van der Waals surface area contributed by atoms with E-state index >= 15 is 0 Å². The van der Waals surface area contributed by atoms with E-state index in [1.165, 1.54) is 31.4 Å². The van der Waals surface area contributed by atoms with Crippen LogP contribution in [0.4, 0.5) is 5.69 Å². The summed E-state index contributed by atoms with van der Waals surface area (Å²) in [6.45, 7) is 5.55. The summed E-state index contributed by atoms with van der Waals surface area (Å²) < 4.78 is 0. The van der Waals surface area contributed by atoms with Gasteiger partial charge in [0.25, 0.3) is 0 Å². The Hall–Kier alpha value is -1.81. The molecule has 1 aromatic carbocycles. The summed E-state index contributed by atoms with van der Waals surface area (Å²) in [5, 5.41) is 6.25. The van der Waals surface area contributed by atoms with Crippen LogP contribution in [0.25, 0.3) is 6.08 Å². The van der Waals surface area contributed by atoms with Crippen LogP contribution >= 0.6 is 0 Å². The van der Waals surface area contributed by atoms with Crippen molar-refractivity contribution in [2.45, 2.75) is 51.6 Å². The van der Waals surface area contributed by atoms with Crippen molar-refractivity contribution >= 4 is 18.2 Å². The summed E-state index contributed by atoms with van der Waals surface area (Å²) in [7, 11) is 2.24. The maximum atomic E-state index is 10.3. The smallest absolute Gasteiger partial charge is 0.211 e. The van der Waals surface area contributed by atoms with Gasteiger partial charge in [-0.1, -0.05) is 13.0 Å². The lowest BCUT2D eigenvalue weighted by Crippen LogP contribution is -2.32. The molecule has 0 bridgehead atoms. The van der Waals surface area contributed by atoms with Gasteiger partial charge in [-0.05, 0) is 75.5 Å². The van der Waals surface area contributed by atoms with Gasteiger partial charge in [-0.25, -0.2) is 0 Å². The van der Waals surface area contributed by atoms with Crippen LogP contribution in [0.15, 0.2) is 24.4 Å². The number of hydrogen-bond donors (Lipinski definition) is 2. The summed E-state index contributed by atoms with van der Waals surface area (Å²) >= 11 is 0. The van der Waals surface area contributed by atoms with E-state index in [9.17, 15) is 4.79 Å². The first-order valence-electron chi connectivity index (χ1n) is 8.57. The number of anilines is 1. The molecule has 1 fully saturated rings. The summed E-state index contributed by atoms with van der Waals surface area (Å²) in [5.41, 5.74) is 3.47. The number of aryl methyl sites for hydroxylation is 1. The van der Waals surface area contributed by atoms with Crippen LogP contribution in [0.5, 0.6) is 0 Å². The Morgan fingerprint density at radius 3 is 2.91 bits per heavy atom. The zero-order valence-corrected chi connectivity index (χ0v) is 14.5. The third-order valence-electron chi connectivity index (χ3n) is 4.80. The van der Waals surface area contributed by atoms with Crippen molar-refractivity contribution in [2.24, 2.45) is 0 Å². The molecule has 2 rings (SSSR count). The highest BCUT2D eigenvalue weighted by molar-refractivity contribution is 5.62. The van der Waals surface area contributed by atoms with Gasteiger partial charge in [0.2, 0.25) is 6.41 Å². The quantitative estimate of drug-likeness (QED) is 0.723. The number of benzene rings is 1. The molecule has 1 aliphatic rings. The lowest BCUT2D eigenvalue weighted by Gasteiger charge is -2.26. The molecular weight excluding hydrogens is 286 g/mol. The van der Waals surface area contributed by atoms with Gasteiger partial charge in [0.1, 0.15) is 0 Å². The average Bonchev–Trinajstić information content (AvgIpc) is 2.95. The molecule has 1 aromatic rings. The first-order chi connectivity index (χ1) is 11.1. The maximum Gasteiger partial charge on any atom is 0.211 e. The molecule has 2 N–H and O–H groups in total. The van der Waals surface area contributed by atoms with Crippen LogP contribution in [0.1, 0.15) is 43.7 Å². The average molecular weight is 315 g/mol. The molecule has 4 heteroatoms. The van der Waals surface area contributed by atoms with E-state index in [1.54, 1.807) is 6.20 Å². The highest BCUT2D eigenvalue weighted by atomic mass is 16.1. The first-order valence-corrected chi connectivity index (χ1v) is 8.57. The van der Waals surface area contributed by atoms with Gasteiger partial charge >= 0.3 is 0 Å². The number of carbonyl (C=O) groups excluding carboxylic acids is 1. The Morgan fingerprint density at radius 1 is 1.43 bits per heavy atom. The Kier molecular flexibility index (Phi) is 6.66. The third-order valence-corrected chi connectivity index (χ3v) is 4.80. The minimum atomic E-state index is 0.494. The second kappa shape index (κ2) is 8.73. The number of amides is 1. The van der Waals surface area contributed by atoms with Gasteiger partial charge in [-0.2, -0.15) is 0 Å². The normalized spacial score (nSPS) is 19.9. The van der Waals surface area contributed by atoms with Crippen LogP contribution in [0, 0.1) is 6.92 Å². The molecular formula is C19H29N3O. The number of nitrogens with one attached hydrogen (secondary N) is 2. The molecule has 1 amide bonds. The van der Waals surface area contributed by atoms with Crippen LogP contribution < -0.4 is 10.6 Å². The van der Waals surface area contributed by atoms with Crippen LogP contribution in [-0.4, -0.2) is 37.0 Å². The van der Waals surface area contributed by atoms with E-state index in [0.717, 1.165) is 17.7 Å². The number of carbonyl (C=O) groups is 1. The Labute approximate surface area is 140 Å². The fourth-order valence-corrected chi connectivity index (χ4v) is 3.26. The van der Waals surface area contributed by atoms with Gasteiger partial charge in [-0.15, -0.1) is 0 Å². The lowest BCUT2D eigenvalue weighted by molar-refractivity contribution is -0.108. The predicted molar refractivity (Wildman–Crippen MR) is 97.4 cm³/mol. The number of nitrogens with zero attached hydrogens (tertiary/aromatic N) is 1. The Bertz CT molecular complexity index is 541. The van der Waals surface area contributed by atoms with Crippen molar-refractivity contribution in [3.05, 3.63) is 35.5 Å². The molecule has 1 saturated heterocycles. The Morgan fingerprint density at radius 2 is 2.26 bits per heavy atom. The summed E-state index contributed by atoms with van der Waals surface area (Å²) in [6.07, 6.45) is 9.23. The van der Waals surface area contributed by atoms with E-state index in [1.807, 2.05) is 6.08 Å². The number of likely N-dealkylation sites (tertiary alicyclic amines) is 1. The lowest BCUT2D eigenvalue weighted by atomic mass is 10.0. The molecule has 23 heavy (non-hydrogen) atoms. The van der Waals surface area contributed by atoms with E-state index in [-0.39, 0.29) is 0 Å². The van der Waals surface area contributed by atoms with Crippen molar-refractivity contribution < 1.29 is 4.79 Å². The number of rotatable bonds is 8. The predicted octanol–water partition coefficient (Wildman–Crippen LogP) is 3.39. The van der Waals surface area contributed by atoms with Crippen molar-refractivity contribution in [1.82, 2.24) is 10.2 Å². The summed E-state index contributed by atoms with van der Waals surface area (Å²) in [4.78, 5) is 12.8. The van der Waals surface area contributed by atoms with E-state index in [0.29, 0.717) is 18.5 Å². The second-order valence-electron chi connectivity index (χ2n) is 6.45. The zero-order valence-electron chi connectivity index (χ0n) is 14.5. The molecule has 0 saturated carbocycles. The van der Waals surface area contributed by atoms with Gasteiger partial charge in [-0.3, -0.25) is 4.79 Å². The highest BCUT2D eigenvalue weighted by Crippen LogP contribution is 2.23. The second-order valence-corrected chi connectivity index (χ2v) is 6.45. The van der Waals surface area contributed by atoms with Crippen molar-refractivity contribution in [3.63, 3.8) is 0 Å². The molecule has 0 aromatic heterocycles. The van der Waals surface area contributed by atoms with Gasteiger partial charge in [0, 0.05) is 24.0 Å². The SMILES string of the molecule is CC[C@H](CC1CCCN1C)Nc1ccc(C)c(/C=C\NC=O)c1. The topological polar surface area (TPSA) is 44.4 Å². The molecule has 0 aliphatic carbocycles. The van der Waals surface area contributed by atoms with Crippen LogP contribution in [-0.2, 0) is 4.79 Å². The van der Waals surface area contributed by atoms with E-state index in [2.05, 4.69) is 54.6 Å². The largest absolute Gasteiger partial charge is 0.382 e. The number of hydrogen-bond acceptors (Lipinski definition) is 3. The molecule has 2 atom stereocenters. The van der Waals surface area contributed by atoms with Crippen molar-refractivity contribution in [3.8, 4) is 0 Å². The Balaban J connectivity index is 2.02. The molecule has 4 nitrogen and oxygen atoms in total. The van der Waals surface area contributed by atoms with Gasteiger partial charge in [0.05, 0.1) is 0 Å². The fraction of sp³-hybridized carbons (Fsp3) is 0.526. The van der Waals surface area contributed by atoms with E-state index < -0.39 is 0 Å². The molecule has 1 heterocycles. The van der Waals surface area contributed by atoms with E-state index in [4.69, 9.17) is 0 Å². The summed E-state index contributed by atoms with van der Waals surface area (Å²) in [6, 6.07) is 7.61. The highest BCUT2D eigenvalue weighted by Gasteiger charge is 2.23. The minimum Gasteiger partial charge on any atom is -0.382 e. The maximum absolute atomic E-state index is 10.3. The van der Waals surface area contributed by atoms with Crippen LogP contribution in [0.3, 0.4) is 0 Å². The monoisotopic (exact) mass is 315 g/mol. The molecule has 1 aliphatic heterocycles. The third kappa shape index (κ3) is 5.10. The molecule has 0 radical (unpaired) electrons. The van der Waals surface area contributed by atoms with Gasteiger partial charge in [0.15, 0.2) is 0 Å². The zero-order chi connectivity index (χ0) is 16.7. The molecule has 126 valence electrons. The minimum absolute atomic E-state index is 0.494. The van der Waals surface area contributed by atoms with Crippen molar-refractivity contribution in [2.75, 3.05) is 18.9 Å². The fourth-order valence-electron chi connectivity index (χ4n) is 3.26.